The SMILES string of the molecule is COC(=O)c1ccc(C=NNC(=O)COc2ccc(Cl)cc2Cl)cc1. The van der Waals surface area contributed by atoms with Crippen molar-refractivity contribution < 1.29 is 19.1 Å². The highest BCUT2D eigenvalue weighted by Crippen LogP contribution is 2.27. The Labute approximate surface area is 154 Å². The van der Waals surface area contributed by atoms with E-state index in [1.807, 2.05) is 0 Å². The number of rotatable bonds is 6. The summed E-state index contributed by atoms with van der Waals surface area (Å²) in [5.41, 5.74) is 3.46. The van der Waals surface area contributed by atoms with Gasteiger partial charge in [-0.05, 0) is 35.9 Å². The lowest BCUT2D eigenvalue weighted by Gasteiger charge is -2.07. The quantitative estimate of drug-likeness (QED) is 0.473. The third-order valence-electron chi connectivity index (χ3n) is 2.99. The Balaban J connectivity index is 1.83. The van der Waals surface area contributed by atoms with Crippen LogP contribution in [0, 0.1) is 0 Å². The molecule has 0 heterocycles. The molecule has 130 valence electrons. The van der Waals surface area contributed by atoms with Crippen molar-refractivity contribution in [2.75, 3.05) is 13.7 Å². The fraction of sp³-hybridized carbons (Fsp3) is 0.118. The average molecular weight is 381 g/mol. The number of methoxy groups -OCH3 is 1. The van der Waals surface area contributed by atoms with E-state index in [9.17, 15) is 9.59 Å². The predicted octanol–water partition coefficient (Wildman–Crippen LogP) is 3.31. The summed E-state index contributed by atoms with van der Waals surface area (Å²) in [6, 6.07) is 11.2. The van der Waals surface area contributed by atoms with E-state index in [0.29, 0.717) is 26.9 Å². The summed E-state index contributed by atoms with van der Waals surface area (Å²) in [6.45, 7) is -0.250. The van der Waals surface area contributed by atoms with Crippen molar-refractivity contribution in [3.63, 3.8) is 0 Å². The van der Waals surface area contributed by atoms with Crippen molar-refractivity contribution in [1.82, 2.24) is 5.43 Å². The monoisotopic (exact) mass is 380 g/mol. The number of amides is 1. The summed E-state index contributed by atoms with van der Waals surface area (Å²) in [4.78, 5) is 23.0. The van der Waals surface area contributed by atoms with Crippen LogP contribution in [-0.4, -0.2) is 31.8 Å². The zero-order valence-corrected chi connectivity index (χ0v) is 14.7. The maximum absolute atomic E-state index is 11.7. The fourth-order valence-corrected chi connectivity index (χ4v) is 2.23. The first kappa shape index (κ1) is 18.8. The molecule has 0 aliphatic carbocycles. The van der Waals surface area contributed by atoms with Gasteiger partial charge >= 0.3 is 5.97 Å². The van der Waals surface area contributed by atoms with Crippen molar-refractivity contribution >= 4 is 41.3 Å². The predicted molar refractivity (Wildman–Crippen MR) is 95.5 cm³/mol. The van der Waals surface area contributed by atoms with Crippen LogP contribution in [0.15, 0.2) is 47.6 Å². The fourth-order valence-electron chi connectivity index (χ4n) is 1.77. The molecule has 6 nitrogen and oxygen atoms in total. The second-order valence-corrected chi connectivity index (χ2v) is 5.61. The van der Waals surface area contributed by atoms with Crippen LogP contribution in [0.5, 0.6) is 5.75 Å². The molecule has 0 unspecified atom stereocenters. The third-order valence-corrected chi connectivity index (χ3v) is 3.52. The van der Waals surface area contributed by atoms with Crippen molar-refractivity contribution in [2.24, 2.45) is 5.10 Å². The smallest absolute Gasteiger partial charge is 0.337 e. The molecule has 0 saturated carbocycles. The van der Waals surface area contributed by atoms with Gasteiger partial charge in [-0.2, -0.15) is 5.10 Å². The van der Waals surface area contributed by atoms with Crippen LogP contribution >= 0.6 is 23.2 Å². The second-order valence-electron chi connectivity index (χ2n) is 4.77. The second kappa shape index (κ2) is 9.05. The average Bonchev–Trinajstić information content (AvgIpc) is 2.61. The summed E-state index contributed by atoms with van der Waals surface area (Å²) >= 11 is 11.7. The van der Waals surface area contributed by atoms with E-state index in [-0.39, 0.29) is 6.61 Å². The van der Waals surface area contributed by atoms with E-state index in [1.165, 1.54) is 19.4 Å². The standard InChI is InChI=1S/C17H14Cl2N2O4/c1-24-17(23)12-4-2-11(3-5-12)9-20-21-16(22)10-25-15-7-6-13(18)8-14(15)19/h2-9H,10H2,1H3,(H,21,22). The number of carbonyl (C=O) groups is 2. The maximum atomic E-state index is 11.7. The third kappa shape index (κ3) is 5.77. The van der Waals surface area contributed by atoms with Crippen molar-refractivity contribution in [3.05, 3.63) is 63.6 Å². The van der Waals surface area contributed by atoms with E-state index >= 15 is 0 Å². The summed E-state index contributed by atoms with van der Waals surface area (Å²) in [6.07, 6.45) is 1.44. The summed E-state index contributed by atoms with van der Waals surface area (Å²) in [5.74, 6) is -0.521. The molecule has 2 aromatic rings. The lowest BCUT2D eigenvalue weighted by Crippen LogP contribution is -2.24. The molecule has 0 bridgehead atoms. The van der Waals surface area contributed by atoms with Crippen LogP contribution in [0.25, 0.3) is 0 Å². The first-order valence-electron chi connectivity index (χ1n) is 7.07. The van der Waals surface area contributed by atoms with Gasteiger partial charge in [0.15, 0.2) is 6.61 Å². The Hall–Kier alpha value is -2.57. The first-order chi connectivity index (χ1) is 12.0. The molecule has 2 rings (SSSR count). The zero-order chi connectivity index (χ0) is 18.2. The minimum Gasteiger partial charge on any atom is -0.482 e. The number of ether oxygens (including phenoxy) is 2. The lowest BCUT2D eigenvalue weighted by atomic mass is 10.1. The number of hydrogen-bond acceptors (Lipinski definition) is 5. The molecule has 0 saturated heterocycles. The lowest BCUT2D eigenvalue weighted by molar-refractivity contribution is -0.123. The molecule has 0 atom stereocenters. The van der Waals surface area contributed by atoms with E-state index in [0.717, 1.165) is 0 Å². The van der Waals surface area contributed by atoms with Gasteiger partial charge in [0.05, 0.1) is 23.9 Å². The molecule has 0 aliphatic heterocycles. The molecular formula is C17H14Cl2N2O4. The van der Waals surface area contributed by atoms with Crippen LogP contribution < -0.4 is 10.2 Å². The summed E-state index contributed by atoms with van der Waals surface area (Å²) in [7, 11) is 1.31. The molecule has 1 amide bonds. The van der Waals surface area contributed by atoms with E-state index < -0.39 is 11.9 Å². The van der Waals surface area contributed by atoms with Gasteiger partial charge in [0.25, 0.3) is 5.91 Å². The topological polar surface area (TPSA) is 77.0 Å². The Morgan fingerprint density at radius 3 is 2.52 bits per heavy atom. The van der Waals surface area contributed by atoms with Gasteiger partial charge in [0.2, 0.25) is 0 Å². The van der Waals surface area contributed by atoms with Gasteiger partial charge in [-0.3, -0.25) is 4.79 Å². The molecule has 0 radical (unpaired) electrons. The number of esters is 1. The Morgan fingerprint density at radius 1 is 1.16 bits per heavy atom. The number of hydrogen-bond donors (Lipinski definition) is 1. The number of halogens is 2. The minimum absolute atomic E-state index is 0.250. The molecule has 0 spiro atoms. The van der Waals surface area contributed by atoms with E-state index in [4.69, 9.17) is 27.9 Å². The molecule has 1 N–H and O–H groups in total. The van der Waals surface area contributed by atoms with Gasteiger partial charge in [-0.1, -0.05) is 35.3 Å². The van der Waals surface area contributed by atoms with Crippen LogP contribution in [0.2, 0.25) is 10.0 Å². The van der Waals surface area contributed by atoms with Crippen molar-refractivity contribution in [3.8, 4) is 5.75 Å². The number of hydrazone groups is 1. The van der Waals surface area contributed by atoms with Crippen LogP contribution in [0.3, 0.4) is 0 Å². The largest absolute Gasteiger partial charge is 0.482 e. The molecular weight excluding hydrogens is 367 g/mol. The van der Waals surface area contributed by atoms with Crippen LogP contribution in [0.1, 0.15) is 15.9 Å². The van der Waals surface area contributed by atoms with E-state index in [2.05, 4.69) is 15.3 Å². The normalized spacial score (nSPS) is 10.5. The molecule has 0 fully saturated rings. The number of nitrogens with zero attached hydrogens (tertiary/aromatic N) is 1. The minimum atomic E-state index is -0.451. The van der Waals surface area contributed by atoms with Gasteiger partial charge < -0.3 is 9.47 Å². The molecule has 0 aromatic heterocycles. The van der Waals surface area contributed by atoms with Gasteiger partial charge in [0, 0.05) is 5.02 Å². The molecule has 2 aromatic carbocycles. The van der Waals surface area contributed by atoms with Gasteiger partial charge in [-0.15, -0.1) is 0 Å². The van der Waals surface area contributed by atoms with Gasteiger partial charge in [0.1, 0.15) is 5.75 Å². The molecule has 8 heteroatoms. The zero-order valence-electron chi connectivity index (χ0n) is 13.2. The van der Waals surface area contributed by atoms with Gasteiger partial charge in [-0.25, -0.2) is 10.2 Å². The molecule has 0 aliphatic rings. The number of carbonyl (C=O) groups excluding carboxylic acids is 2. The highest BCUT2D eigenvalue weighted by atomic mass is 35.5. The Morgan fingerprint density at radius 2 is 1.88 bits per heavy atom. The van der Waals surface area contributed by atoms with Crippen LogP contribution in [-0.2, 0) is 9.53 Å². The number of nitrogens with one attached hydrogen (secondary N) is 1. The Kier molecular flexibility index (Phi) is 6.80. The Bertz CT molecular complexity index is 792. The van der Waals surface area contributed by atoms with Crippen LogP contribution in [0.4, 0.5) is 0 Å². The number of benzene rings is 2. The summed E-state index contributed by atoms with van der Waals surface area (Å²) < 4.78 is 9.89. The first-order valence-corrected chi connectivity index (χ1v) is 7.83. The maximum Gasteiger partial charge on any atom is 0.337 e. The molecule has 25 heavy (non-hydrogen) atoms. The highest BCUT2D eigenvalue weighted by molar-refractivity contribution is 6.35. The van der Waals surface area contributed by atoms with Crippen molar-refractivity contribution in [2.45, 2.75) is 0 Å². The summed E-state index contributed by atoms with van der Waals surface area (Å²) in [5, 5.41) is 4.60. The highest BCUT2D eigenvalue weighted by Gasteiger charge is 2.06. The van der Waals surface area contributed by atoms with E-state index in [1.54, 1.807) is 36.4 Å². The van der Waals surface area contributed by atoms with Crippen molar-refractivity contribution in [1.29, 1.82) is 0 Å².